The molecule has 4 nitrogen and oxygen atoms in total. The number of fused-ring (bicyclic) bond motifs is 1. The van der Waals surface area contributed by atoms with Crippen LogP contribution in [0.4, 0.5) is 5.69 Å². The van der Waals surface area contributed by atoms with Crippen molar-refractivity contribution in [2.75, 3.05) is 11.1 Å². The number of carbonyl (C=O) groups is 1. The summed E-state index contributed by atoms with van der Waals surface area (Å²) in [5.74, 6) is 0.150. The number of rotatable bonds is 4. The fourth-order valence-electron chi connectivity index (χ4n) is 2.95. The van der Waals surface area contributed by atoms with Crippen LogP contribution in [0.3, 0.4) is 0 Å². The van der Waals surface area contributed by atoms with Gasteiger partial charge in [-0.25, -0.2) is 8.42 Å². The number of sulfone groups is 1. The van der Waals surface area contributed by atoms with Gasteiger partial charge in [0.25, 0.3) is 0 Å². The number of aryl methyl sites for hydroxylation is 3. The lowest BCUT2D eigenvalue weighted by Crippen LogP contribution is -2.17. The van der Waals surface area contributed by atoms with E-state index in [4.69, 9.17) is 0 Å². The van der Waals surface area contributed by atoms with Crippen LogP contribution in [0.15, 0.2) is 47.4 Å². The summed E-state index contributed by atoms with van der Waals surface area (Å²) < 4.78 is 24.0. The fourth-order valence-corrected chi connectivity index (χ4v) is 4.53. The average molecular weight is 343 g/mol. The third kappa shape index (κ3) is 3.85. The number of benzene rings is 2. The largest absolute Gasteiger partial charge is 0.326 e. The van der Waals surface area contributed by atoms with Gasteiger partial charge in [0.15, 0.2) is 9.84 Å². The molecule has 0 fully saturated rings. The first-order valence-corrected chi connectivity index (χ1v) is 9.80. The van der Waals surface area contributed by atoms with E-state index in [0.29, 0.717) is 29.8 Å². The van der Waals surface area contributed by atoms with E-state index < -0.39 is 9.84 Å². The highest BCUT2D eigenvalue weighted by Crippen LogP contribution is 2.27. The molecule has 3 rings (SSSR count). The summed E-state index contributed by atoms with van der Waals surface area (Å²) in [4.78, 5) is 12.5. The Morgan fingerprint density at radius 2 is 1.88 bits per heavy atom. The number of hydrogen-bond acceptors (Lipinski definition) is 3. The van der Waals surface area contributed by atoms with Crippen LogP contribution >= 0.6 is 0 Å². The summed E-state index contributed by atoms with van der Waals surface area (Å²) in [7, 11) is -3.15. The maximum atomic E-state index is 12.1. The van der Waals surface area contributed by atoms with Crippen LogP contribution in [0.1, 0.15) is 29.5 Å². The van der Waals surface area contributed by atoms with Gasteiger partial charge in [0.2, 0.25) is 5.91 Å². The molecular formula is C19H21NO3S. The molecule has 0 aromatic heterocycles. The predicted molar refractivity (Wildman–Crippen MR) is 94.9 cm³/mol. The van der Waals surface area contributed by atoms with Crippen molar-refractivity contribution in [1.29, 1.82) is 0 Å². The van der Waals surface area contributed by atoms with Gasteiger partial charge in [0.05, 0.1) is 10.6 Å². The molecule has 0 aliphatic carbocycles. The van der Waals surface area contributed by atoms with Gasteiger partial charge in [-0.05, 0) is 55.5 Å². The van der Waals surface area contributed by atoms with E-state index in [1.807, 2.05) is 31.2 Å². The predicted octanol–water partition coefficient (Wildman–Crippen LogP) is 3.29. The minimum Gasteiger partial charge on any atom is -0.326 e. The maximum absolute atomic E-state index is 12.1. The van der Waals surface area contributed by atoms with Crippen molar-refractivity contribution in [3.8, 4) is 0 Å². The van der Waals surface area contributed by atoms with E-state index in [9.17, 15) is 13.2 Å². The van der Waals surface area contributed by atoms with Gasteiger partial charge >= 0.3 is 0 Å². The molecule has 0 radical (unpaired) electrons. The van der Waals surface area contributed by atoms with Crippen molar-refractivity contribution in [2.45, 2.75) is 37.5 Å². The minimum absolute atomic E-state index is 0.0609. The molecule has 1 heterocycles. The van der Waals surface area contributed by atoms with Crippen molar-refractivity contribution >= 4 is 21.4 Å². The van der Waals surface area contributed by atoms with Crippen LogP contribution < -0.4 is 5.32 Å². The number of anilines is 1. The molecule has 0 unspecified atom stereocenters. The maximum Gasteiger partial charge on any atom is 0.224 e. The fraction of sp³-hybridized carbons (Fsp3) is 0.316. The van der Waals surface area contributed by atoms with E-state index in [1.54, 1.807) is 18.2 Å². The zero-order valence-corrected chi connectivity index (χ0v) is 14.5. The first kappa shape index (κ1) is 16.7. The molecule has 1 aliphatic rings. The Balaban J connectivity index is 1.63. The molecular weight excluding hydrogens is 322 g/mol. The minimum atomic E-state index is -3.15. The van der Waals surface area contributed by atoms with Crippen LogP contribution in [-0.2, 0) is 27.5 Å². The van der Waals surface area contributed by atoms with Crippen molar-refractivity contribution in [1.82, 2.24) is 0 Å². The lowest BCUT2D eigenvalue weighted by Gasteiger charge is -2.17. The van der Waals surface area contributed by atoms with Gasteiger partial charge < -0.3 is 5.32 Å². The molecule has 2 aromatic carbocycles. The zero-order valence-electron chi connectivity index (χ0n) is 13.7. The van der Waals surface area contributed by atoms with Gasteiger partial charge in [-0.15, -0.1) is 0 Å². The molecule has 0 bridgehead atoms. The molecule has 0 saturated carbocycles. The van der Waals surface area contributed by atoms with Gasteiger partial charge in [-0.2, -0.15) is 0 Å². The normalized spacial score (nSPS) is 15.5. The standard InChI is InChI=1S/C19H21NO3S/c1-14-4-6-15(7-5-14)8-11-19(21)20-17-9-10-18-16(13-17)3-2-12-24(18,22)23/h4-7,9-10,13H,2-3,8,11-12H2,1H3,(H,20,21). The van der Waals surface area contributed by atoms with Gasteiger partial charge in [0.1, 0.15) is 0 Å². The molecule has 5 heteroatoms. The number of hydrogen-bond donors (Lipinski definition) is 1. The second-order valence-corrected chi connectivity index (χ2v) is 8.36. The summed E-state index contributed by atoms with van der Waals surface area (Å²) in [5.41, 5.74) is 3.80. The highest BCUT2D eigenvalue weighted by atomic mass is 32.2. The molecule has 1 amide bonds. The zero-order chi connectivity index (χ0) is 17.2. The Hall–Kier alpha value is -2.14. The van der Waals surface area contributed by atoms with Crippen molar-refractivity contribution in [3.63, 3.8) is 0 Å². The second-order valence-electron chi connectivity index (χ2n) is 6.28. The van der Waals surface area contributed by atoms with E-state index >= 15 is 0 Å². The van der Waals surface area contributed by atoms with E-state index in [1.165, 1.54) is 5.56 Å². The molecule has 0 spiro atoms. The molecule has 1 N–H and O–H groups in total. The number of amides is 1. The van der Waals surface area contributed by atoms with Crippen LogP contribution in [0.25, 0.3) is 0 Å². The molecule has 24 heavy (non-hydrogen) atoms. The lowest BCUT2D eigenvalue weighted by atomic mass is 10.1. The van der Waals surface area contributed by atoms with Crippen LogP contribution in [0.2, 0.25) is 0 Å². The summed E-state index contributed by atoms with van der Waals surface area (Å²) in [6.45, 7) is 2.03. The summed E-state index contributed by atoms with van der Waals surface area (Å²) in [6.07, 6.45) is 2.46. The quantitative estimate of drug-likeness (QED) is 0.926. The lowest BCUT2D eigenvalue weighted by molar-refractivity contribution is -0.116. The smallest absolute Gasteiger partial charge is 0.224 e. The molecule has 2 aromatic rings. The van der Waals surface area contributed by atoms with Crippen LogP contribution in [-0.4, -0.2) is 20.1 Å². The summed E-state index contributed by atoms with van der Waals surface area (Å²) >= 11 is 0. The molecule has 126 valence electrons. The van der Waals surface area contributed by atoms with Crippen LogP contribution in [0.5, 0.6) is 0 Å². The highest BCUT2D eigenvalue weighted by Gasteiger charge is 2.23. The highest BCUT2D eigenvalue weighted by molar-refractivity contribution is 7.91. The molecule has 1 aliphatic heterocycles. The second kappa shape index (κ2) is 6.77. The first-order chi connectivity index (χ1) is 11.4. The summed E-state index contributed by atoms with van der Waals surface area (Å²) in [6, 6.07) is 13.2. The van der Waals surface area contributed by atoms with E-state index in [2.05, 4.69) is 5.32 Å². The van der Waals surface area contributed by atoms with Gasteiger partial charge in [-0.3, -0.25) is 4.79 Å². The number of nitrogens with one attached hydrogen (secondary N) is 1. The Kier molecular flexibility index (Phi) is 4.71. The van der Waals surface area contributed by atoms with E-state index in [-0.39, 0.29) is 11.7 Å². The van der Waals surface area contributed by atoms with Gasteiger partial charge in [0, 0.05) is 12.1 Å². The Morgan fingerprint density at radius 3 is 2.62 bits per heavy atom. The molecule has 0 saturated heterocycles. The summed E-state index contributed by atoms with van der Waals surface area (Å²) in [5, 5.41) is 2.87. The van der Waals surface area contributed by atoms with Crippen molar-refractivity contribution < 1.29 is 13.2 Å². The number of carbonyl (C=O) groups excluding carboxylic acids is 1. The van der Waals surface area contributed by atoms with Crippen LogP contribution in [0, 0.1) is 6.92 Å². The Morgan fingerprint density at radius 1 is 1.12 bits per heavy atom. The SMILES string of the molecule is Cc1ccc(CCC(=O)Nc2ccc3c(c2)CCCS3(=O)=O)cc1. The van der Waals surface area contributed by atoms with Crippen molar-refractivity contribution in [2.24, 2.45) is 0 Å². The van der Waals surface area contributed by atoms with E-state index in [0.717, 1.165) is 17.5 Å². The average Bonchev–Trinajstić information content (AvgIpc) is 2.54. The topological polar surface area (TPSA) is 63.2 Å². The third-order valence-electron chi connectivity index (χ3n) is 4.30. The van der Waals surface area contributed by atoms with Crippen molar-refractivity contribution in [3.05, 3.63) is 59.2 Å². The first-order valence-electron chi connectivity index (χ1n) is 8.15. The molecule has 0 atom stereocenters. The van der Waals surface area contributed by atoms with Gasteiger partial charge in [-0.1, -0.05) is 29.8 Å². The third-order valence-corrected chi connectivity index (χ3v) is 6.19. The Labute approximate surface area is 142 Å². The Bertz CT molecular complexity index is 855. The monoisotopic (exact) mass is 343 g/mol.